The van der Waals surface area contributed by atoms with Gasteiger partial charge in [-0.25, -0.2) is 9.97 Å². The number of nitrogens with zero attached hydrogens (tertiary/aromatic N) is 4. The van der Waals surface area contributed by atoms with Gasteiger partial charge in [0.2, 0.25) is 17.7 Å². The van der Waals surface area contributed by atoms with Crippen molar-refractivity contribution in [1.82, 2.24) is 15.0 Å². The first-order valence-electron chi connectivity index (χ1n) is 8.98. The van der Waals surface area contributed by atoms with Crippen molar-refractivity contribution in [3.8, 4) is 5.88 Å². The van der Waals surface area contributed by atoms with Gasteiger partial charge in [0.25, 0.3) is 0 Å². The molecular weight excluding hydrogens is 389 g/mol. The van der Waals surface area contributed by atoms with E-state index in [4.69, 9.17) is 0 Å². The third-order valence-corrected chi connectivity index (χ3v) is 4.44. The van der Waals surface area contributed by atoms with Crippen LogP contribution in [0.4, 0.5) is 30.6 Å². The zero-order chi connectivity index (χ0) is 21.2. The number of rotatable bonds is 6. The van der Waals surface area contributed by atoms with Crippen molar-refractivity contribution < 1.29 is 22.7 Å². The van der Waals surface area contributed by atoms with Crippen LogP contribution in [0.15, 0.2) is 18.3 Å². The summed E-state index contributed by atoms with van der Waals surface area (Å²) in [5, 5.41) is 5.92. The standard InChI is InChI=1S/C18H21F3N6O2/c1-4-12-16(28)25-14-10(2)24-17(26-15(14)27(12)3)23-8-11-5-6-13(22-7-11)29-9-18(19,20)21/h5-7,12H,4,8-9H2,1-3H3,(H,25,28)(H,23,24,26)/t12-/m0/s1. The van der Waals surface area contributed by atoms with Gasteiger partial charge in [0, 0.05) is 25.9 Å². The summed E-state index contributed by atoms with van der Waals surface area (Å²) in [6, 6.07) is 2.67. The fourth-order valence-electron chi connectivity index (χ4n) is 2.97. The van der Waals surface area contributed by atoms with Crippen molar-refractivity contribution >= 4 is 23.4 Å². The number of aryl methyl sites for hydroxylation is 1. The number of nitrogens with one attached hydrogen (secondary N) is 2. The fraction of sp³-hybridized carbons (Fsp3) is 0.444. The van der Waals surface area contributed by atoms with Crippen LogP contribution in [-0.4, -0.2) is 46.7 Å². The molecule has 0 unspecified atom stereocenters. The first-order chi connectivity index (χ1) is 13.7. The summed E-state index contributed by atoms with van der Waals surface area (Å²) in [5.41, 5.74) is 1.93. The predicted octanol–water partition coefficient (Wildman–Crippen LogP) is 2.90. The number of aromatic nitrogens is 3. The van der Waals surface area contributed by atoms with Gasteiger partial charge in [-0.1, -0.05) is 13.0 Å². The smallest absolute Gasteiger partial charge is 0.422 e. The molecule has 1 aliphatic heterocycles. The molecule has 1 aliphatic rings. The molecule has 2 aromatic rings. The highest BCUT2D eigenvalue weighted by Crippen LogP contribution is 2.33. The van der Waals surface area contributed by atoms with E-state index in [-0.39, 0.29) is 17.8 Å². The molecule has 1 atom stereocenters. The van der Waals surface area contributed by atoms with Gasteiger partial charge >= 0.3 is 6.18 Å². The van der Waals surface area contributed by atoms with Gasteiger partial charge in [-0.2, -0.15) is 18.2 Å². The van der Waals surface area contributed by atoms with Crippen molar-refractivity contribution in [3.05, 3.63) is 29.6 Å². The molecule has 1 amide bonds. The minimum Gasteiger partial charge on any atom is -0.468 e. The molecule has 11 heteroatoms. The zero-order valence-electron chi connectivity index (χ0n) is 16.2. The maximum atomic E-state index is 12.2. The van der Waals surface area contributed by atoms with Crippen molar-refractivity contribution in [2.75, 3.05) is 29.2 Å². The van der Waals surface area contributed by atoms with Crippen LogP contribution in [0.3, 0.4) is 0 Å². The minimum absolute atomic E-state index is 0.0891. The van der Waals surface area contributed by atoms with Gasteiger partial charge in [-0.05, 0) is 18.9 Å². The van der Waals surface area contributed by atoms with Crippen molar-refractivity contribution in [2.45, 2.75) is 39.0 Å². The molecule has 0 aromatic carbocycles. The van der Waals surface area contributed by atoms with E-state index >= 15 is 0 Å². The van der Waals surface area contributed by atoms with Crippen molar-refractivity contribution in [1.29, 1.82) is 0 Å². The largest absolute Gasteiger partial charge is 0.468 e. The Hall–Kier alpha value is -3.11. The SMILES string of the molecule is CC[C@H]1C(=O)Nc2c(C)nc(NCc3ccc(OCC(F)(F)F)nc3)nc2N1C. The number of carbonyl (C=O) groups is 1. The van der Waals surface area contributed by atoms with Crippen molar-refractivity contribution in [3.63, 3.8) is 0 Å². The number of anilines is 3. The lowest BCUT2D eigenvalue weighted by atomic mass is 10.1. The molecule has 0 radical (unpaired) electrons. The number of likely N-dealkylation sites (N-methyl/N-ethyl adjacent to an activating group) is 1. The zero-order valence-corrected chi connectivity index (χ0v) is 16.2. The molecule has 2 N–H and O–H groups in total. The van der Waals surface area contributed by atoms with Crippen LogP contribution in [0.25, 0.3) is 0 Å². The first kappa shape index (κ1) is 20.6. The molecule has 0 bridgehead atoms. The van der Waals surface area contributed by atoms with Crippen LogP contribution in [0, 0.1) is 6.92 Å². The Morgan fingerprint density at radius 3 is 2.69 bits per heavy atom. The third-order valence-electron chi connectivity index (χ3n) is 4.44. The summed E-state index contributed by atoms with van der Waals surface area (Å²) in [4.78, 5) is 26.7. The Kier molecular flexibility index (Phi) is 5.76. The number of carbonyl (C=O) groups excluding carboxylic acids is 1. The monoisotopic (exact) mass is 410 g/mol. The minimum atomic E-state index is -4.41. The number of fused-ring (bicyclic) bond motifs is 1. The quantitative estimate of drug-likeness (QED) is 0.757. The van der Waals surface area contributed by atoms with E-state index in [1.54, 1.807) is 13.0 Å². The molecule has 8 nitrogen and oxygen atoms in total. The number of alkyl halides is 3. The summed E-state index contributed by atoms with van der Waals surface area (Å²) >= 11 is 0. The lowest BCUT2D eigenvalue weighted by Gasteiger charge is -2.34. The summed E-state index contributed by atoms with van der Waals surface area (Å²) in [6.45, 7) is 2.63. The molecule has 0 aliphatic carbocycles. The number of hydrogen-bond acceptors (Lipinski definition) is 7. The fourth-order valence-corrected chi connectivity index (χ4v) is 2.97. The van der Waals surface area contributed by atoms with Gasteiger partial charge in [0.15, 0.2) is 12.4 Å². The van der Waals surface area contributed by atoms with E-state index < -0.39 is 12.8 Å². The summed E-state index contributed by atoms with van der Waals surface area (Å²) in [6.07, 6.45) is -2.35. The average molecular weight is 410 g/mol. The van der Waals surface area contributed by atoms with E-state index in [2.05, 4.69) is 30.3 Å². The molecule has 3 heterocycles. The predicted molar refractivity (Wildman–Crippen MR) is 101 cm³/mol. The lowest BCUT2D eigenvalue weighted by molar-refractivity contribution is -0.154. The normalized spacial score (nSPS) is 16.3. The molecule has 0 spiro atoms. The average Bonchev–Trinajstić information content (AvgIpc) is 2.66. The van der Waals surface area contributed by atoms with E-state index in [0.29, 0.717) is 36.1 Å². The number of halogens is 3. The first-order valence-corrected chi connectivity index (χ1v) is 8.98. The Labute approximate surface area is 165 Å². The molecule has 0 saturated heterocycles. The molecule has 29 heavy (non-hydrogen) atoms. The lowest BCUT2D eigenvalue weighted by Crippen LogP contribution is -2.46. The van der Waals surface area contributed by atoms with Gasteiger partial charge in [-0.15, -0.1) is 0 Å². The maximum Gasteiger partial charge on any atom is 0.422 e. The van der Waals surface area contributed by atoms with E-state index in [9.17, 15) is 18.0 Å². The van der Waals surface area contributed by atoms with Crippen LogP contribution in [0.1, 0.15) is 24.6 Å². The summed E-state index contributed by atoms with van der Waals surface area (Å²) < 4.78 is 41.1. The molecular formula is C18H21F3N6O2. The molecule has 0 saturated carbocycles. The Bertz CT molecular complexity index is 888. The molecule has 0 fully saturated rings. The topological polar surface area (TPSA) is 92.3 Å². The molecule has 156 valence electrons. The Balaban J connectivity index is 1.68. The van der Waals surface area contributed by atoms with Crippen LogP contribution < -0.4 is 20.3 Å². The highest BCUT2D eigenvalue weighted by molar-refractivity contribution is 6.03. The summed E-state index contributed by atoms with van der Waals surface area (Å²) in [5.74, 6) is 0.806. The van der Waals surface area contributed by atoms with Gasteiger partial charge < -0.3 is 20.3 Å². The maximum absolute atomic E-state index is 12.2. The van der Waals surface area contributed by atoms with E-state index in [1.807, 2.05) is 18.9 Å². The second-order valence-corrected chi connectivity index (χ2v) is 6.62. The van der Waals surface area contributed by atoms with Crippen molar-refractivity contribution in [2.24, 2.45) is 0 Å². The van der Waals surface area contributed by atoms with Gasteiger partial charge in [0.1, 0.15) is 11.7 Å². The van der Waals surface area contributed by atoms with Gasteiger partial charge in [-0.3, -0.25) is 4.79 Å². The molecule has 3 rings (SSSR count). The Morgan fingerprint density at radius 2 is 2.07 bits per heavy atom. The number of ether oxygens (including phenoxy) is 1. The highest BCUT2D eigenvalue weighted by atomic mass is 19.4. The van der Waals surface area contributed by atoms with Crippen LogP contribution >= 0.6 is 0 Å². The van der Waals surface area contributed by atoms with Crippen LogP contribution in [0.5, 0.6) is 5.88 Å². The van der Waals surface area contributed by atoms with Crippen LogP contribution in [0.2, 0.25) is 0 Å². The van der Waals surface area contributed by atoms with Crippen LogP contribution in [-0.2, 0) is 11.3 Å². The third kappa shape index (κ3) is 4.84. The Morgan fingerprint density at radius 1 is 1.31 bits per heavy atom. The second kappa shape index (κ2) is 8.10. The van der Waals surface area contributed by atoms with E-state index in [1.165, 1.54) is 12.3 Å². The van der Waals surface area contributed by atoms with E-state index in [0.717, 1.165) is 5.56 Å². The highest BCUT2D eigenvalue weighted by Gasteiger charge is 2.32. The number of pyridine rings is 1. The van der Waals surface area contributed by atoms with Gasteiger partial charge in [0.05, 0.1) is 5.69 Å². The number of amides is 1. The molecule has 2 aromatic heterocycles. The second-order valence-electron chi connectivity index (χ2n) is 6.62. The number of hydrogen-bond donors (Lipinski definition) is 2. The summed E-state index contributed by atoms with van der Waals surface area (Å²) in [7, 11) is 1.81.